The van der Waals surface area contributed by atoms with Gasteiger partial charge in [-0.1, -0.05) is 20.8 Å². The van der Waals surface area contributed by atoms with Gasteiger partial charge in [-0.25, -0.2) is 0 Å². The lowest BCUT2D eigenvalue weighted by Gasteiger charge is -2.58. The lowest BCUT2D eigenvalue weighted by Crippen LogP contribution is -2.67. The molecule has 1 aliphatic carbocycles. The minimum atomic E-state index is -0.794. The van der Waals surface area contributed by atoms with E-state index >= 15 is 0 Å². The number of hydrogen-bond donors (Lipinski definition) is 2. The summed E-state index contributed by atoms with van der Waals surface area (Å²) < 4.78 is 0. The highest BCUT2D eigenvalue weighted by Crippen LogP contribution is 2.53. The Kier molecular flexibility index (Phi) is 1.95. The number of carboxylic acids is 1. The van der Waals surface area contributed by atoms with Crippen LogP contribution in [0.5, 0.6) is 0 Å². The summed E-state index contributed by atoms with van der Waals surface area (Å²) in [7, 11) is 0. The topological polar surface area (TPSA) is 63.3 Å². The zero-order chi connectivity index (χ0) is 9.57. The zero-order valence-electron chi connectivity index (χ0n) is 7.92. The molecule has 0 aromatic carbocycles. The molecule has 0 radical (unpaired) electrons. The monoisotopic (exact) mass is 171 g/mol. The van der Waals surface area contributed by atoms with Crippen molar-refractivity contribution in [2.45, 2.75) is 39.2 Å². The first-order chi connectivity index (χ1) is 5.29. The van der Waals surface area contributed by atoms with Crippen molar-refractivity contribution in [3.8, 4) is 0 Å². The van der Waals surface area contributed by atoms with E-state index in [0.717, 1.165) is 6.42 Å². The van der Waals surface area contributed by atoms with Gasteiger partial charge in [0.2, 0.25) is 0 Å². The fourth-order valence-electron chi connectivity index (χ4n) is 2.34. The second kappa shape index (κ2) is 2.46. The van der Waals surface area contributed by atoms with E-state index in [2.05, 4.69) is 0 Å². The third-order valence-electron chi connectivity index (χ3n) is 3.40. The van der Waals surface area contributed by atoms with Crippen LogP contribution in [0.1, 0.15) is 33.6 Å². The summed E-state index contributed by atoms with van der Waals surface area (Å²) in [4.78, 5) is 10.6. The second-order valence-corrected chi connectivity index (χ2v) is 4.60. The van der Waals surface area contributed by atoms with Crippen molar-refractivity contribution in [2.24, 2.45) is 17.1 Å². The average Bonchev–Trinajstić information content (AvgIpc) is 1.85. The van der Waals surface area contributed by atoms with Crippen LogP contribution in [0.4, 0.5) is 0 Å². The molecule has 0 saturated heterocycles. The van der Waals surface area contributed by atoms with Crippen LogP contribution in [-0.4, -0.2) is 16.6 Å². The normalized spacial score (nSPS) is 38.8. The molecule has 2 unspecified atom stereocenters. The first kappa shape index (κ1) is 9.52. The number of aliphatic carboxylic acids is 1. The number of hydrogen-bond acceptors (Lipinski definition) is 2. The Balaban J connectivity index is 2.75. The van der Waals surface area contributed by atoms with Gasteiger partial charge in [-0.05, 0) is 17.8 Å². The molecule has 0 aromatic heterocycles. The molecule has 3 heteroatoms. The van der Waals surface area contributed by atoms with E-state index in [9.17, 15) is 4.79 Å². The summed E-state index contributed by atoms with van der Waals surface area (Å²) >= 11 is 0. The van der Waals surface area contributed by atoms with E-state index in [-0.39, 0.29) is 11.8 Å². The van der Waals surface area contributed by atoms with Gasteiger partial charge < -0.3 is 10.8 Å². The quantitative estimate of drug-likeness (QED) is 0.656. The van der Waals surface area contributed by atoms with E-state index in [4.69, 9.17) is 10.8 Å². The Morgan fingerprint density at radius 2 is 2.17 bits per heavy atom. The SMILES string of the molecule is CC1CC(C)(C)C1(N)CC(=O)O. The van der Waals surface area contributed by atoms with E-state index in [1.54, 1.807) is 0 Å². The van der Waals surface area contributed by atoms with Gasteiger partial charge in [0.05, 0.1) is 6.42 Å². The van der Waals surface area contributed by atoms with Crippen molar-refractivity contribution in [2.75, 3.05) is 0 Å². The number of nitrogens with two attached hydrogens (primary N) is 1. The maximum Gasteiger partial charge on any atom is 0.305 e. The molecule has 0 bridgehead atoms. The number of carboxylic acid groups (broad SMARTS) is 1. The molecule has 1 saturated carbocycles. The van der Waals surface area contributed by atoms with E-state index in [1.165, 1.54) is 0 Å². The minimum Gasteiger partial charge on any atom is -0.481 e. The first-order valence-electron chi connectivity index (χ1n) is 4.30. The summed E-state index contributed by atoms with van der Waals surface area (Å²) in [5, 5.41) is 8.68. The van der Waals surface area contributed by atoms with Crippen molar-refractivity contribution >= 4 is 5.97 Å². The van der Waals surface area contributed by atoms with Gasteiger partial charge in [-0.3, -0.25) is 4.79 Å². The summed E-state index contributed by atoms with van der Waals surface area (Å²) in [6.07, 6.45) is 1.11. The molecule has 0 heterocycles. The number of rotatable bonds is 2. The van der Waals surface area contributed by atoms with Gasteiger partial charge in [0.1, 0.15) is 0 Å². The van der Waals surface area contributed by atoms with E-state index < -0.39 is 11.5 Å². The Labute approximate surface area is 72.9 Å². The predicted octanol–water partition coefficient (Wildman–Crippen LogP) is 1.22. The summed E-state index contributed by atoms with van der Waals surface area (Å²) in [5.74, 6) is -0.472. The Hall–Kier alpha value is -0.570. The molecule has 0 spiro atoms. The molecular weight excluding hydrogens is 154 g/mol. The molecule has 0 amide bonds. The third kappa shape index (κ3) is 1.12. The van der Waals surface area contributed by atoms with Crippen molar-refractivity contribution in [1.29, 1.82) is 0 Å². The lowest BCUT2D eigenvalue weighted by atomic mass is 9.50. The second-order valence-electron chi connectivity index (χ2n) is 4.60. The largest absolute Gasteiger partial charge is 0.481 e. The zero-order valence-corrected chi connectivity index (χ0v) is 7.92. The molecular formula is C9H17NO2. The summed E-state index contributed by atoms with van der Waals surface area (Å²) in [5.41, 5.74) is 5.52. The fourth-order valence-corrected chi connectivity index (χ4v) is 2.34. The average molecular weight is 171 g/mol. The maximum absolute atomic E-state index is 10.6. The van der Waals surface area contributed by atoms with Crippen molar-refractivity contribution in [3.63, 3.8) is 0 Å². The smallest absolute Gasteiger partial charge is 0.305 e. The van der Waals surface area contributed by atoms with Crippen molar-refractivity contribution < 1.29 is 9.90 Å². The van der Waals surface area contributed by atoms with Crippen LogP contribution >= 0.6 is 0 Å². The van der Waals surface area contributed by atoms with Crippen molar-refractivity contribution in [1.82, 2.24) is 0 Å². The van der Waals surface area contributed by atoms with Crippen molar-refractivity contribution in [3.05, 3.63) is 0 Å². The van der Waals surface area contributed by atoms with Crippen LogP contribution in [-0.2, 0) is 4.79 Å². The molecule has 0 aliphatic heterocycles. The van der Waals surface area contributed by atoms with Gasteiger partial charge >= 0.3 is 5.97 Å². The minimum absolute atomic E-state index is 0.0230. The summed E-state index contributed by atoms with van der Waals surface area (Å²) in [6.45, 7) is 6.10. The van der Waals surface area contributed by atoms with Crippen LogP contribution in [0.15, 0.2) is 0 Å². The Bertz CT molecular complexity index is 213. The van der Waals surface area contributed by atoms with Crippen LogP contribution in [0, 0.1) is 11.3 Å². The van der Waals surface area contributed by atoms with E-state index in [0.29, 0.717) is 5.92 Å². The third-order valence-corrected chi connectivity index (χ3v) is 3.40. The molecule has 1 rings (SSSR count). The molecule has 70 valence electrons. The standard InChI is InChI=1S/C9H17NO2/c1-6-4-8(2,3)9(6,10)5-7(11)12/h6H,4-5,10H2,1-3H3,(H,11,12). The highest BCUT2D eigenvalue weighted by atomic mass is 16.4. The maximum atomic E-state index is 10.6. The number of carbonyl (C=O) groups is 1. The highest BCUT2D eigenvalue weighted by molar-refractivity contribution is 5.69. The van der Waals surface area contributed by atoms with Gasteiger partial charge in [0, 0.05) is 5.54 Å². The van der Waals surface area contributed by atoms with Crippen LogP contribution in [0.25, 0.3) is 0 Å². The van der Waals surface area contributed by atoms with Gasteiger partial charge in [0.15, 0.2) is 0 Å². The molecule has 2 atom stereocenters. The Morgan fingerprint density at radius 3 is 2.33 bits per heavy atom. The molecule has 0 aromatic rings. The predicted molar refractivity (Wildman–Crippen MR) is 46.7 cm³/mol. The fraction of sp³-hybridized carbons (Fsp3) is 0.889. The summed E-state index contributed by atoms with van der Waals surface area (Å²) in [6, 6.07) is 0. The molecule has 1 fully saturated rings. The van der Waals surface area contributed by atoms with Gasteiger partial charge in [-0.15, -0.1) is 0 Å². The first-order valence-corrected chi connectivity index (χ1v) is 4.30. The molecule has 1 aliphatic rings. The van der Waals surface area contributed by atoms with Crippen LogP contribution in [0.3, 0.4) is 0 Å². The van der Waals surface area contributed by atoms with E-state index in [1.807, 2.05) is 20.8 Å². The van der Waals surface area contributed by atoms with Gasteiger partial charge in [-0.2, -0.15) is 0 Å². The Morgan fingerprint density at radius 1 is 1.67 bits per heavy atom. The molecule has 3 N–H and O–H groups in total. The molecule has 3 nitrogen and oxygen atoms in total. The van der Waals surface area contributed by atoms with Gasteiger partial charge in [0.25, 0.3) is 0 Å². The molecule has 12 heavy (non-hydrogen) atoms. The van der Waals surface area contributed by atoms with Crippen LogP contribution < -0.4 is 5.73 Å². The van der Waals surface area contributed by atoms with Crippen LogP contribution in [0.2, 0.25) is 0 Å². The lowest BCUT2D eigenvalue weighted by molar-refractivity contribution is -0.145. The highest BCUT2D eigenvalue weighted by Gasteiger charge is 2.56.